The molecule has 1 aliphatic heterocycles. The molecule has 0 bridgehead atoms. The summed E-state index contributed by atoms with van der Waals surface area (Å²) in [7, 11) is -0.786. The molecule has 1 aliphatic rings. The monoisotopic (exact) mass is 404 g/mol. The Hall–Kier alpha value is -2.12. The lowest BCUT2D eigenvalue weighted by atomic mass is 9.71. The largest absolute Gasteiger partial charge is 0.541 e. The van der Waals surface area contributed by atoms with Crippen molar-refractivity contribution in [3.8, 4) is 5.75 Å². The maximum atomic E-state index is 12.6. The molecule has 0 radical (unpaired) electrons. The van der Waals surface area contributed by atoms with Gasteiger partial charge in [-0.05, 0) is 24.1 Å². The molecule has 6 nitrogen and oxygen atoms in total. The number of ketones is 1. The van der Waals surface area contributed by atoms with Crippen molar-refractivity contribution in [3.63, 3.8) is 0 Å². The summed E-state index contributed by atoms with van der Waals surface area (Å²) in [6.45, 7) is 11.3. The molecular weight excluding hydrogens is 378 g/mol. The summed E-state index contributed by atoms with van der Waals surface area (Å²) in [6.07, 6.45) is 1.25. The molecule has 0 unspecified atom stereocenters. The van der Waals surface area contributed by atoms with Crippen molar-refractivity contribution in [1.29, 1.82) is 0 Å². The number of halogens is 1. The highest BCUT2D eigenvalue weighted by atomic mass is 35.5. The van der Waals surface area contributed by atoms with E-state index in [1.165, 1.54) is 6.07 Å². The van der Waals surface area contributed by atoms with Crippen LogP contribution in [0.15, 0.2) is 29.4 Å². The van der Waals surface area contributed by atoms with Gasteiger partial charge < -0.3 is 15.0 Å². The first kappa shape index (κ1) is 22.2. The summed E-state index contributed by atoms with van der Waals surface area (Å²) < 4.78 is 11.0. The van der Waals surface area contributed by atoms with Crippen LogP contribution >= 0.6 is 11.6 Å². The molecule has 0 spiro atoms. The molecule has 1 aromatic rings. The van der Waals surface area contributed by atoms with Crippen molar-refractivity contribution in [2.45, 2.75) is 47.0 Å². The third kappa shape index (κ3) is 5.46. The van der Waals surface area contributed by atoms with Gasteiger partial charge in [0.2, 0.25) is 0 Å². The molecule has 0 atom stereocenters. The van der Waals surface area contributed by atoms with Crippen LogP contribution in [-0.2, 0) is 16.0 Å². The highest BCUT2D eigenvalue weighted by Crippen LogP contribution is 2.33. The number of Topliss-reactive ketones (excluding diaryl/α,β-unsaturated/α-hetero) is 1. The molecule has 2 N–H and O–H groups in total. The van der Waals surface area contributed by atoms with E-state index in [1.54, 1.807) is 6.07 Å². The molecule has 8 heteroatoms. The number of nitrogens with zero attached hydrogens (tertiary/aromatic N) is 1. The van der Waals surface area contributed by atoms with E-state index in [1.807, 2.05) is 27.7 Å². The SMILES string of the molecule is C=C(CC)N=C1Cc2cc(Cl)cc(C(=O)OCCC(=O)C(C)(C)C)c2OB1N. The van der Waals surface area contributed by atoms with E-state index in [9.17, 15) is 9.59 Å². The fourth-order valence-electron chi connectivity index (χ4n) is 2.64. The van der Waals surface area contributed by atoms with E-state index in [0.717, 1.165) is 0 Å². The fraction of sp³-hybridized carbons (Fsp3) is 0.450. The Kier molecular flexibility index (Phi) is 7.07. The molecule has 0 saturated heterocycles. The molecule has 1 heterocycles. The molecule has 0 amide bonds. The molecule has 1 aromatic carbocycles. The number of esters is 1. The second kappa shape index (κ2) is 8.92. The van der Waals surface area contributed by atoms with Gasteiger partial charge in [-0.3, -0.25) is 9.79 Å². The number of carbonyl (C=O) groups excluding carboxylic acids is 2. The topological polar surface area (TPSA) is 91.0 Å². The average Bonchev–Trinajstić information content (AvgIpc) is 2.60. The van der Waals surface area contributed by atoms with Crippen LogP contribution in [0.5, 0.6) is 5.75 Å². The number of ether oxygens (including phenoxy) is 1. The van der Waals surface area contributed by atoms with E-state index >= 15 is 0 Å². The number of rotatable bonds is 6. The number of aliphatic imine (C=N–C) groups is 1. The lowest BCUT2D eigenvalue weighted by Crippen LogP contribution is -2.47. The molecule has 0 saturated carbocycles. The van der Waals surface area contributed by atoms with Crippen molar-refractivity contribution in [1.82, 2.24) is 0 Å². The Morgan fingerprint density at radius 1 is 1.39 bits per heavy atom. The number of hydrogen-bond donors (Lipinski definition) is 1. The minimum absolute atomic E-state index is 0.00862. The van der Waals surface area contributed by atoms with Crippen molar-refractivity contribution in [3.05, 3.63) is 40.6 Å². The van der Waals surface area contributed by atoms with Crippen LogP contribution in [0.3, 0.4) is 0 Å². The van der Waals surface area contributed by atoms with Crippen molar-refractivity contribution < 1.29 is 19.0 Å². The number of hydrogen-bond acceptors (Lipinski definition) is 6. The van der Waals surface area contributed by atoms with Crippen molar-refractivity contribution in [2.24, 2.45) is 16.1 Å². The standard InChI is InChI=1S/C20H26BClN2O4/c1-6-12(2)24-17-10-13-9-14(22)11-15(18(13)28-21(17)23)19(26)27-8-7-16(25)20(3,4)5/h9,11H,2,6-8,10,23H2,1,3-5H3. The van der Waals surface area contributed by atoms with Gasteiger partial charge in [-0.25, -0.2) is 4.79 Å². The first-order chi connectivity index (χ1) is 13.0. The van der Waals surface area contributed by atoms with Crippen molar-refractivity contribution in [2.75, 3.05) is 6.61 Å². The average molecular weight is 405 g/mol. The molecule has 150 valence electrons. The first-order valence-electron chi connectivity index (χ1n) is 9.23. The normalized spacial score (nSPS) is 15.1. The van der Waals surface area contributed by atoms with Crippen LogP contribution in [0, 0.1) is 5.41 Å². The zero-order valence-electron chi connectivity index (χ0n) is 16.8. The Morgan fingerprint density at radius 2 is 2.07 bits per heavy atom. The lowest BCUT2D eigenvalue weighted by Gasteiger charge is -2.25. The minimum atomic E-state index is -0.786. The molecule has 2 rings (SSSR count). The zero-order valence-corrected chi connectivity index (χ0v) is 17.6. The molecule has 0 fully saturated rings. The van der Waals surface area contributed by atoms with Gasteiger partial charge in [-0.1, -0.05) is 45.9 Å². The zero-order chi connectivity index (χ0) is 21.1. The summed E-state index contributed by atoms with van der Waals surface area (Å²) in [5.74, 6) is -0.250. The van der Waals surface area contributed by atoms with Crippen molar-refractivity contribution >= 4 is 36.0 Å². The summed E-state index contributed by atoms with van der Waals surface area (Å²) in [6, 6.07) is 3.20. The predicted molar refractivity (Wildman–Crippen MR) is 112 cm³/mol. The van der Waals surface area contributed by atoms with Gasteiger partial charge in [0, 0.05) is 29.0 Å². The van der Waals surface area contributed by atoms with Gasteiger partial charge in [-0.2, -0.15) is 0 Å². The van der Waals surface area contributed by atoms with Crippen LogP contribution < -0.4 is 10.3 Å². The molecule has 28 heavy (non-hydrogen) atoms. The van der Waals surface area contributed by atoms with E-state index in [-0.39, 0.29) is 24.4 Å². The van der Waals surface area contributed by atoms with Crippen LogP contribution in [0.2, 0.25) is 5.02 Å². The van der Waals surface area contributed by atoms with Gasteiger partial charge >= 0.3 is 13.0 Å². The Labute approximate surface area is 171 Å². The second-order valence-electron chi connectivity index (χ2n) is 7.74. The predicted octanol–water partition coefficient (Wildman–Crippen LogP) is 3.79. The van der Waals surface area contributed by atoms with Gasteiger partial charge in [0.15, 0.2) is 0 Å². The number of fused-ring (bicyclic) bond motifs is 1. The minimum Gasteiger partial charge on any atom is -0.541 e. The number of carbonyl (C=O) groups is 2. The Balaban J connectivity index is 2.20. The summed E-state index contributed by atoms with van der Waals surface area (Å²) in [5.41, 5.74) is 7.80. The smallest absolute Gasteiger partial charge is 0.495 e. The summed E-state index contributed by atoms with van der Waals surface area (Å²) >= 11 is 6.18. The third-order valence-electron chi connectivity index (χ3n) is 4.40. The Bertz CT molecular complexity index is 830. The lowest BCUT2D eigenvalue weighted by molar-refractivity contribution is -0.126. The van der Waals surface area contributed by atoms with E-state index < -0.39 is 18.4 Å². The van der Waals surface area contributed by atoms with E-state index in [0.29, 0.717) is 40.5 Å². The van der Waals surface area contributed by atoms with Gasteiger partial charge in [0.25, 0.3) is 0 Å². The molecule has 0 aliphatic carbocycles. The maximum absolute atomic E-state index is 12.6. The van der Waals surface area contributed by atoms with E-state index in [4.69, 9.17) is 26.6 Å². The van der Waals surface area contributed by atoms with Crippen LogP contribution in [0.25, 0.3) is 0 Å². The number of allylic oxidation sites excluding steroid dienone is 1. The van der Waals surface area contributed by atoms with Crippen LogP contribution in [0.4, 0.5) is 0 Å². The van der Waals surface area contributed by atoms with E-state index in [2.05, 4.69) is 11.6 Å². The quantitative estimate of drug-likeness (QED) is 0.575. The molecule has 0 aromatic heterocycles. The van der Waals surface area contributed by atoms with Gasteiger partial charge in [0.05, 0.1) is 12.2 Å². The second-order valence-corrected chi connectivity index (χ2v) is 8.18. The summed E-state index contributed by atoms with van der Waals surface area (Å²) in [5, 5.41) is 0.379. The fourth-order valence-corrected chi connectivity index (χ4v) is 2.88. The highest BCUT2D eigenvalue weighted by molar-refractivity contribution is 6.85. The Morgan fingerprint density at radius 3 is 2.68 bits per heavy atom. The van der Waals surface area contributed by atoms with Gasteiger partial charge in [0.1, 0.15) is 17.1 Å². The van der Waals surface area contributed by atoms with Gasteiger partial charge in [-0.15, -0.1) is 0 Å². The summed E-state index contributed by atoms with van der Waals surface area (Å²) in [4.78, 5) is 28.9. The third-order valence-corrected chi connectivity index (χ3v) is 4.62. The number of nitrogens with two attached hydrogens (primary N) is 1. The highest BCUT2D eigenvalue weighted by Gasteiger charge is 2.32. The van der Waals surface area contributed by atoms with Crippen LogP contribution in [0.1, 0.15) is 56.5 Å². The first-order valence-corrected chi connectivity index (χ1v) is 9.61. The van der Waals surface area contributed by atoms with Crippen LogP contribution in [-0.4, -0.2) is 31.0 Å². The number of benzene rings is 1. The maximum Gasteiger partial charge on any atom is 0.495 e. The molecular formula is C20H26BClN2O4.